The Kier molecular flexibility index (Phi) is 7.81. The van der Waals surface area contributed by atoms with E-state index in [2.05, 4.69) is 5.32 Å². The van der Waals surface area contributed by atoms with Gasteiger partial charge < -0.3 is 10.2 Å². The molecular formula is C18H24N4O4S2. The van der Waals surface area contributed by atoms with E-state index < -0.39 is 14.9 Å². The lowest BCUT2D eigenvalue weighted by atomic mass is 10.2. The number of para-hydroxylation sites is 1. The second-order valence-electron chi connectivity index (χ2n) is 6.51. The molecule has 0 saturated carbocycles. The Morgan fingerprint density at radius 1 is 1.18 bits per heavy atom. The first-order chi connectivity index (χ1) is 13.2. The van der Waals surface area contributed by atoms with Gasteiger partial charge in [-0.3, -0.25) is 10.1 Å². The van der Waals surface area contributed by atoms with Crippen LogP contribution in [0.3, 0.4) is 0 Å². The van der Waals surface area contributed by atoms with E-state index in [0.717, 1.165) is 11.4 Å². The summed E-state index contributed by atoms with van der Waals surface area (Å²) in [6.07, 6.45) is 0.670. The van der Waals surface area contributed by atoms with Gasteiger partial charge in [0, 0.05) is 22.8 Å². The van der Waals surface area contributed by atoms with Gasteiger partial charge >= 0.3 is 0 Å². The van der Waals surface area contributed by atoms with E-state index in [9.17, 15) is 18.5 Å². The number of thioether (sulfide) groups is 1. The van der Waals surface area contributed by atoms with Crippen molar-refractivity contribution >= 4 is 33.2 Å². The molecule has 0 radical (unpaired) electrons. The van der Waals surface area contributed by atoms with Crippen LogP contribution in [0.5, 0.6) is 0 Å². The molecule has 1 unspecified atom stereocenters. The number of primary sulfonamides is 1. The van der Waals surface area contributed by atoms with Crippen molar-refractivity contribution in [3.8, 4) is 0 Å². The lowest BCUT2D eigenvalue weighted by molar-refractivity contribution is -0.384. The second-order valence-corrected chi connectivity index (χ2v) is 9.13. The van der Waals surface area contributed by atoms with Crippen LogP contribution in [0.25, 0.3) is 0 Å². The number of nitro benzene ring substituents is 1. The SMILES string of the molecule is CN(C)CCC(CSc1ccccc1)Nc1c([N+](=O)[O-])cccc1S(N)(=O)=O. The molecule has 0 spiro atoms. The highest BCUT2D eigenvalue weighted by atomic mass is 32.2. The summed E-state index contributed by atoms with van der Waals surface area (Å²) in [5.41, 5.74) is -0.376. The Morgan fingerprint density at radius 3 is 2.43 bits per heavy atom. The van der Waals surface area contributed by atoms with Crippen LogP contribution in [0.15, 0.2) is 58.3 Å². The number of nitrogens with one attached hydrogen (secondary N) is 1. The standard InChI is InChI=1S/C18H24N4O4S2/c1-21(2)12-11-14(13-27-15-7-4-3-5-8-15)20-18-16(22(23)24)9-6-10-17(18)28(19,25)26/h3-10,14,20H,11-13H2,1-2H3,(H2,19,25,26). The molecule has 0 amide bonds. The summed E-state index contributed by atoms with van der Waals surface area (Å²) in [6.45, 7) is 0.734. The van der Waals surface area contributed by atoms with Crippen molar-refractivity contribution in [2.45, 2.75) is 22.3 Å². The van der Waals surface area contributed by atoms with Gasteiger partial charge in [-0.05, 0) is 45.3 Å². The van der Waals surface area contributed by atoms with Crippen molar-refractivity contribution in [3.05, 3.63) is 58.6 Å². The van der Waals surface area contributed by atoms with Gasteiger partial charge in [0.1, 0.15) is 10.6 Å². The van der Waals surface area contributed by atoms with Crippen LogP contribution in [0.1, 0.15) is 6.42 Å². The van der Waals surface area contributed by atoms with Gasteiger partial charge in [-0.25, -0.2) is 13.6 Å². The molecule has 0 aliphatic carbocycles. The first-order valence-corrected chi connectivity index (χ1v) is 11.1. The largest absolute Gasteiger partial charge is 0.375 e. The highest BCUT2D eigenvalue weighted by molar-refractivity contribution is 7.99. The van der Waals surface area contributed by atoms with Crippen LogP contribution in [0.4, 0.5) is 11.4 Å². The lowest BCUT2D eigenvalue weighted by Crippen LogP contribution is -2.29. The highest BCUT2D eigenvalue weighted by Gasteiger charge is 2.25. The molecule has 0 bridgehead atoms. The summed E-state index contributed by atoms with van der Waals surface area (Å²) in [7, 11) is -0.252. The molecule has 3 N–H and O–H groups in total. The molecule has 2 aromatic rings. The average molecular weight is 425 g/mol. The number of benzene rings is 2. The fraction of sp³-hybridized carbons (Fsp3) is 0.333. The summed E-state index contributed by atoms with van der Waals surface area (Å²) in [6, 6.07) is 13.4. The van der Waals surface area contributed by atoms with E-state index in [-0.39, 0.29) is 22.3 Å². The Morgan fingerprint density at radius 2 is 1.86 bits per heavy atom. The Labute approximate surface area is 169 Å². The summed E-state index contributed by atoms with van der Waals surface area (Å²) in [5.74, 6) is 0.605. The third-order valence-electron chi connectivity index (χ3n) is 3.98. The average Bonchev–Trinajstić information content (AvgIpc) is 2.63. The minimum Gasteiger partial charge on any atom is -0.375 e. The quantitative estimate of drug-likeness (QED) is 0.342. The zero-order valence-electron chi connectivity index (χ0n) is 15.7. The number of anilines is 1. The second kappa shape index (κ2) is 9.87. The summed E-state index contributed by atoms with van der Waals surface area (Å²) < 4.78 is 23.9. The fourth-order valence-corrected chi connectivity index (χ4v) is 4.29. The Hall–Kier alpha value is -2.14. The third-order valence-corrected chi connectivity index (χ3v) is 6.10. The van der Waals surface area contributed by atoms with Crippen LogP contribution >= 0.6 is 11.8 Å². The molecule has 0 fully saturated rings. The predicted octanol–water partition coefficient (Wildman–Crippen LogP) is 2.77. The molecule has 1 atom stereocenters. The number of nitro groups is 1. The smallest absolute Gasteiger partial charge is 0.293 e. The maximum Gasteiger partial charge on any atom is 0.293 e. The zero-order valence-corrected chi connectivity index (χ0v) is 17.4. The van der Waals surface area contributed by atoms with Crippen LogP contribution in [-0.4, -0.2) is 50.7 Å². The Balaban J connectivity index is 2.32. The first-order valence-electron chi connectivity index (χ1n) is 8.58. The van der Waals surface area contributed by atoms with Crippen molar-refractivity contribution in [2.24, 2.45) is 5.14 Å². The van der Waals surface area contributed by atoms with E-state index >= 15 is 0 Å². The molecule has 28 heavy (non-hydrogen) atoms. The Bertz CT molecular complexity index is 905. The zero-order chi connectivity index (χ0) is 20.7. The fourth-order valence-electron chi connectivity index (χ4n) is 2.58. The summed E-state index contributed by atoms with van der Waals surface area (Å²) in [4.78, 5) is 13.6. The molecule has 0 heterocycles. The van der Waals surface area contributed by atoms with Crippen LogP contribution in [0, 0.1) is 10.1 Å². The van der Waals surface area contributed by atoms with Crippen LogP contribution < -0.4 is 10.5 Å². The van der Waals surface area contributed by atoms with Crippen LogP contribution in [-0.2, 0) is 10.0 Å². The minimum absolute atomic E-state index is 0.0626. The molecule has 8 nitrogen and oxygen atoms in total. The highest BCUT2D eigenvalue weighted by Crippen LogP contribution is 2.32. The number of hydrogen-bond donors (Lipinski definition) is 2. The maximum absolute atomic E-state index is 12.0. The van der Waals surface area contributed by atoms with Crippen molar-refractivity contribution < 1.29 is 13.3 Å². The molecule has 2 rings (SSSR count). The van der Waals surface area contributed by atoms with Gasteiger partial charge in [-0.2, -0.15) is 0 Å². The monoisotopic (exact) mass is 424 g/mol. The van der Waals surface area contributed by atoms with E-state index in [4.69, 9.17) is 5.14 Å². The van der Waals surface area contributed by atoms with Gasteiger partial charge in [-0.15, -0.1) is 11.8 Å². The van der Waals surface area contributed by atoms with Crippen molar-refractivity contribution in [1.82, 2.24) is 4.90 Å². The van der Waals surface area contributed by atoms with E-state index in [1.54, 1.807) is 11.8 Å². The van der Waals surface area contributed by atoms with E-state index in [1.807, 2.05) is 49.3 Å². The van der Waals surface area contributed by atoms with Gasteiger partial charge in [-0.1, -0.05) is 24.3 Å². The summed E-state index contributed by atoms with van der Waals surface area (Å²) >= 11 is 1.60. The third kappa shape index (κ3) is 6.48. The van der Waals surface area contributed by atoms with Gasteiger partial charge in [0.2, 0.25) is 10.0 Å². The first kappa shape index (κ1) is 22.2. The van der Waals surface area contributed by atoms with Crippen molar-refractivity contribution in [2.75, 3.05) is 31.7 Å². The number of rotatable bonds is 10. The molecule has 152 valence electrons. The number of nitrogens with zero attached hydrogens (tertiary/aromatic N) is 2. The molecule has 0 aromatic heterocycles. The molecule has 0 aliphatic rings. The number of nitrogens with two attached hydrogens (primary N) is 1. The van der Waals surface area contributed by atoms with E-state index in [1.165, 1.54) is 18.2 Å². The molecule has 0 saturated heterocycles. The van der Waals surface area contributed by atoms with Gasteiger partial charge in [0.15, 0.2) is 0 Å². The van der Waals surface area contributed by atoms with Crippen molar-refractivity contribution in [3.63, 3.8) is 0 Å². The number of hydrogen-bond acceptors (Lipinski definition) is 7. The number of sulfonamides is 1. The maximum atomic E-state index is 12.0. The molecule has 2 aromatic carbocycles. The van der Waals surface area contributed by atoms with Crippen molar-refractivity contribution in [1.29, 1.82) is 0 Å². The van der Waals surface area contributed by atoms with Gasteiger partial charge in [0.25, 0.3) is 5.69 Å². The summed E-state index contributed by atoms with van der Waals surface area (Å²) in [5, 5.41) is 19.8. The molecule has 0 aliphatic heterocycles. The normalized spacial score (nSPS) is 12.7. The topological polar surface area (TPSA) is 119 Å². The molecule has 10 heteroatoms. The van der Waals surface area contributed by atoms with Gasteiger partial charge in [0.05, 0.1) is 4.92 Å². The van der Waals surface area contributed by atoms with Crippen LogP contribution in [0.2, 0.25) is 0 Å². The minimum atomic E-state index is -4.12. The molecular weight excluding hydrogens is 400 g/mol. The lowest BCUT2D eigenvalue weighted by Gasteiger charge is -2.22. The van der Waals surface area contributed by atoms with E-state index in [0.29, 0.717) is 12.2 Å². The predicted molar refractivity (Wildman–Crippen MR) is 112 cm³/mol.